The Labute approximate surface area is 198 Å². The van der Waals surface area contributed by atoms with Crippen molar-refractivity contribution in [3.8, 4) is 0 Å². The SMILES string of the molecule is NC1=NC2=C(SC(c3ccc(Cl)cc3)N2NC(=O)c2ccncc2)C(c2ccccc2)S1. The number of nitrogens with one attached hydrogen (secondary N) is 1. The molecule has 6 nitrogen and oxygen atoms in total. The molecule has 0 bridgehead atoms. The van der Waals surface area contributed by atoms with Gasteiger partial charge in [-0.15, -0.1) is 0 Å². The maximum absolute atomic E-state index is 13.0. The Hall–Kier alpha value is -2.94. The fraction of sp³-hybridized carbons (Fsp3) is 0.0870. The van der Waals surface area contributed by atoms with Crippen LogP contribution in [0.1, 0.15) is 32.1 Å². The lowest BCUT2D eigenvalue weighted by atomic mass is 10.1. The number of nitrogens with two attached hydrogens (primary N) is 1. The summed E-state index contributed by atoms with van der Waals surface area (Å²) in [6.45, 7) is 0. The van der Waals surface area contributed by atoms with Gasteiger partial charge < -0.3 is 5.73 Å². The molecule has 2 aliphatic rings. The fourth-order valence-corrected chi connectivity index (χ4v) is 6.15. The first-order valence-corrected chi connectivity index (χ1v) is 12.0. The Kier molecular flexibility index (Phi) is 5.82. The number of halogens is 1. The summed E-state index contributed by atoms with van der Waals surface area (Å²) in [5, 5.41) is 2.69. The topological polar surface area (TPSA) is 83.6 Å². The van der Waals surface area contributed by atoms with Gasteiger partial charge >= 0.3 is 0 Å². The molecule has 2 aromatic carbocycles. The Morgan fingerprint density at radius 3 is 2.41 bits per heavy atom. The molecule has 5 rings (SSSR count). The quantitative estimate of drug-likeness (QED) is 0.541. The lowest BCUT2D eigenvalue weighted by Gasteiger charge is -2.28. The first kappa shape index (κ1) is 20.9. The van der Waals surface area contributed by atoms with Crippen LogP contribution in [-0.2, 0) is 0 Å². The summed E-state index contributed by atoms with van der Waals surface area (Å²) in [4.78, 5) is 22.7. The molecule has 9 heteroatoms. The summed E-state index contributed by atoms with van der Waals surface area (Å²) in [6, 6.07) is 21.1. The number of amidine groups is 1. The predicted octanol–water partition coefficient (Wildman–Crippen LogP) is 5.10. The van der Waals surface area contributed by atoms with E-state index in [1.54, 1.807) is 41.3 Å². The smallest absolute Gasteiger partial charge is 0.269 e. The molecule has 0 spiro atoms. The van der Waals surface area contributed by atoms with Gasteiger partial charge in [-0.1, -0.05) is 77.6 Å². The van der Waals surface area contributed by atoms with E-state index in [2.05, 4.69) is 27.5 Å². The molecule has 0 aliphatic carbocycles. The van der Waals surface area contributed by atoms with Gasteiger partial charge in [-0.25, -0.2) is 10.0 Å². The second-order valence-corrected chi connectivity index (χ2v) is 9.80. The number of benzene rings is 2. The molecule has 2 aliphatic heterocycles. The van der Waals surface area contributed by atoms with Gasteiger partial charge in [-0.3, -0.25) is 15.2 Å². The number of hydrazine groups is 1. The van der Waals surface area contributed by atoms with Crippen molar-refractivity contribution >= 4 is 46.2 Å². The predicted molar refractivity (Wildman–Crippen MR) is 131 cm³/mol. The van der Waals surface area contributed by atoms with Crippen LogP contribution in [0.2, 0.25) is 5.02 Å². The van der Waals surface area contributed by atoms with Crippen LogP contribution >= 0.6 is 35.1 Å². The van der Waals surface area contributed by atoms with Gasteiger partial charge in [0.2, 0.25) is 0 Å². The Balaban J connectivity index is 1.56. The number of hydrogen-bond acceptors (Lipinski definition) is 7. The van der Waals surface area contributed by atoms with Crippen molar-refractivity contribution in [1.29, 1.82) is 0 Å². The molecule has 2 atom stereocenters. The fourth-order valence-electron chi connectivity index (χ4n) is 3.53. The van der Waals surface area contributed by atoms with E-state index in [1.165, 1.54) is 11.8 Å². The molecule has 3 N–H and O–H groups in total. The van der Waals surface area contributed by atoms with E-state index >= 15 is 0 Å². The summed E-state index contributed by atoms with van der Waals surface area (Å²) in [5.41, 5.74) is 11.9. The van der Waals surface area contributed by atoms with Crippen molar-refractivity contribution in [3.05, 3.63) is 112 Å². The zero-order valence-electron chi connectivity index (χ0n) is 16.7. The van der Waals surface area contributed by atoms with Gasteiger partial charge in [-0.2, -0.15) is 0 Å². The molecule has 160 valence electrons. The molecule has 0 saturated carbocycles. The van der Waals surface area contributed by atoms with Crippen LogP contribution in [0.25, 0.3) is 0 Å². The lowest BCUT2D eigenvalue weighted by Crippen LogP contribution is -2.41. The van der Waals surface area contributed by atoms with E-state index in [0.717, 1.165) is 16.0 Å². The standard InChI is InChI=1S/C23H18ClN5OS2/c24-17-8-6-16(7-9-17)22-29(28-21(30)15-10-12-26-13-11-15)20-19(31-22)18(32-23(25)27-20)14-4-2-1-3-5-14/h1-13,18,22H,(H2,25,27)(H,28,30). The highest BCUT2D eigenvalue weighted by atomic mass is 35.5. The van der Waals surface area contributed by atoms with Crippen molar-refractivity contribution < 1.29 is 4.79 Å². The summed E-state index contributed by atoms with van der Waals surface area (Å²) in [6.07, 6.45) is 3.18. The number of thioether (sulfide) groups is 2. The highest BCUT2D eigenvalue weighted by molar-refractivity contribution is 8.15. The average molecular weight is 480 g/mol. The van der Waals surface area contributed by atoms with Crippen molar-refractivity contribution in [2.24, 2.45) is 10.7 Å². The number of aromatic nitrogens is 1. The minimum Gasteiger partial charge on any atom is -0.378 e. The minimum atomic E-state index is -0.246. The van der Waals surface area contributed by atoms with Crippen molar-refractivity contribution in [2.75, 3.05) is 0 Å². The molecule has 2 unspecified atom stereocenters. The maximum Gasteiger partial charge on any atom is 0.269 e. The van der Waals surface area contributed by atoms with Crippen LogP contribution in [-0.4, -0.2) is 21.1 Å². The highest BCUT2D eigenvalue weighted by Crippen LogP contribution is 2.57. The van der Waals surface area contributed by atoms with E-state index in [4.69, 9.17) is 17.3 Å². The van der Waals surface area contributed by atoms with E-state index in [1.807, 2.05) is 42.5 Å². The van der Waals surface area contributed by atoms with Gasteiger partial charge in [0.1, 0.15) is 5.37 Å². The van der Waals surface area contributed by atoms with Gasteiger partial charge in [-0.05, 0) is 35.4 Å². The van der Waals surface area contributed by atoms with E-state index in [-0.39, 0.29) is 16.5 Å². The Bertz CT molecular complexity index is 1200. The van der Waals surface area contributed by atoms with Crippen molar-refractivity contribution in [3.63, 3.8) is 0 Å². The van der Waals surface area contributed by atoms with Gasteiger partial charge in [0, 0.05) is 27.9 Å². The van der Waals surface area contributed by atoms with Crippen LogP contribution in [0.15, 0.2) is 94.8 Å². The highest BCUT2D eigenvalue weighted by Gasteiger charge is 2.41. The van der Waals surface area contributed by atoms with Crippen molar-refractivity contribution in [1.82, 2.24) is 15.4 Å². The second kappa shape index (κ2) is 8.90. The second-order valence-electron chi connectivity index (χ2n) is 7.12. The summed E-state index contributed by atoms with van der Waals surface area (Å²) >= 11 is 9.28. The first-order chi connectivity index (χ1) is 15.6. The van der Waals surface area contributed by atoms with Crippen LogP contribution < -0.4 is 11.2 Å². The number of carbonyl (C=O) groups excluding carboxylic acids is 1. The Morgan fingerprint density at radius 2 is 1.69 bits per heavy atom. The third-order valence-corrected chi connectivity index (χ3v) is 7.89. The number of nitrogens with zero attached hydrogens (tertiary/aromatic N) is 3. The molecule has 1 amide bonds. The zero-order chi connectivity index (χ0) is 22.1. The van der Waals surface area contributed by atoms with E-state index < -0.39 is 0 Å². The lowest BCUT2D eigenvalue weighted by molar-refractivity contribution is 0.0826. The van der Waals surface area contributed by atoms with Gasteiger partial charge in [0.05, 0.1) is 5.25 Å². The number of hydrogen-bond donors (Lipinski definition) is 2. The van der Waals surface area contributed by atoms with Gasteiger partial charge in [0.25, 0.3) is 5.91 Å². The Morgan fingerprint density at radius 1 is 0.969 bits per heavy atom. The number of rotatable bonds is 4. The van der Waals surface area contributed by atoms with Crippen LogP contribution in [0.5, 0.6) is 0 Å². The molecule has 3 aromatic rings. The summed E-state index contributed by atoms with van der Waals surface area (Å²) in [7, 11) is 0. The molecule has 3 heterocycles. The van der Waals surface area contributed by atoms with Crippen LogP contribution in [0.3, 0.4) is 0 Å². The van der Waals surface area contributed by atoms with Crippen molar-refractivity contribution in [2.45, 2.75) is 10.6 Å². The molecular formula is C23H18ClN5OS2. The van der Waals surface area contributed by atoms with Crippen LogP contribution in [0, 0.1) is 0 Å². The zero-order valence-corrected chi connectivity index (χ0v) is 19.1. The summed E-state index contributed by atoms with van der Waals surface area (Å²) < 4.78 is 0. The molecule has 0 saturated heterocycles. The normalized spacial score (nSPS) is 20.0. The first-order valence-electron chi connectivity index (χ1n) is 9.82. The van der Waals surface area contributed by atoms with E-state index in [0.29, 0.717) is 21.6 Å². The molecule has 0 radical (unpaired) electrons. The third kappa shape index (κ3) is 4.09. The molecule has 32 heavy (non-hydrogen) atoms. The molecule has 0 fully saturated rings. The van der Waals surface area contributed by atoms with Crippen LogP contribution in [0.4, 0.5) is 0 Å². The minimum absolute atomic E-state index is 0.00803. The molecule has 1 aromatic heterocycles. The largest absolute Gasteiger partial charge is 0.378 e. The third-order valence-electron chi connectivity index (χ3n) is 5.04. The number of amides is 1. The summed E-state index contributed by atoms with van der Waals surface area (Å²) in [5.74, 6) is 0.409. The molecular weight excluding hydrogens is 462 g/mol. The number of pyridine rings is 1. The number of aliphatic imine (C=N–C) groups is 1. The van der Waals surface area contributed by atoms with Gasteiger partial charge in [0.15, 0.2) is 11.0 Å². The average Bonchev–Trinajstić information content (AvgIpc) is 3.18. The number of carbonyl (C=O) groups is 1. The monoisotopic (exact) mass is 479 g/mol. The van der Waals surface area contributed by atoms with E-state index in [9.17, 15) is 4.79 Å². The maximum atomic E-state index is 13.0.